The lowest BCUT2D eigenvalue weighted by Gasteiger charge is -2.26. The van der Waals surface area contributed by atoms with Gasteiger partial charge in [-0.1, -0.05) is 34.1 Å². The molecule has 14 heavy (non-hydrogen) atoms. The van der Waals surface area contributed by atoms with E-state index in [0.717, 1.165) is 31.9 Å². The highest BCUT2D eigenvalue weighted by atomic mass is 16.5. The molecule has 1 fully saturated rings. The fourth-order valence-corrected chi connectivity index (χ4v) is 1.74. The third kappa shape index (κ3) is 2.41. The van der Waals surface area contributed by atoms with Crippen LogP contribution < -0.4 is 5.84 Å². The number of nitrogens with zero attached hydrogens (tertiary/aromatic N) is 1. The number of hydrogen-bond donors (Lipinski definition) is 1. The summed E-state index contributed by atoms with van der Waals surface area (Å²) in [4.78, 5) is 0. The second kappa shape index (κ2) is 4.22. The van der Waals surface area contributed by atoms with Gasteiger partial charge < -0.3 is 4.74 Å². The van der Waals surface area contributed by atoms with Gasteiger partial charge >= 0.3 is 0 Å². The van der Waals surface area contributed by atoms with Crippen molar-refractivity contribution >= 4 is 0 Å². The molecule has 0 atom stereocenters. The normalized spacial score (nSPS) is 21.1. The first-order chi connectivity index (χ1) is 6.46. The topological polar surface area (TPSA) is 38.5 Å². The molecule has 1 rings (SSSR count). The van der Waals surface area contributed by atoms with Gasteiger partial charge in [-0.05, 0) is 17.4 Å². The number of hydrazine groups is 1. The highest BCUT2D eigenvalue weighted by Gasteiger charge is 2.27. The Morgan fingerprint density at radius 1 is 1.50 bits per heavy atom. The summed E-state index contributed by atoms with van der Waals surface area (Å²) in [5.74, 6) is 6.76. The zero-order valence-electron chi connectivity index (χ0n) is 9.76. The van der Waals surface area contributed by atoms with E-state index in [1.165, 1.54) is 5.57 Å². The largest absolute Gasteiger partial charge is 0.476 e. The highest BCUT2D eigenvalue weighted by Crippen LogP contribution is 2.33. The molecule has 3 heteroatoms. The lowest BCUT2D eigenvalue weighted by Crippen LogP contribution is -2.29. The van der Waals surface area contributed by atoms with Gasteiger partial charge in [-0.15, -0.1) is 0 Å². The van der Waals surface area contributed by atoms with Crippen LogP contribution in [-0.2, 0) is 4.74 Å². The van der Waals surface area contributed by atoms with Crippen molar-refractivity contribution in [1.82, 2.24) is 5.01 Å². The summed E-state index contributed by atoms with van der Waals surface area (Å²) in [7, 11) is 0. The molecule has 1 aliphatic rings. The van der Waals surface area contributed by atoms with Crippen LogP contribution in [0, 0.1) is 5.41 Å². The summed E-state index contributed by atoms with van der Waals surface area (Å²) < 4.78 is 5.59. The summed E-state index contributed by atoms with van der Waals surface area (Å²) in [6, 6.07) is 0. The van der Waals surface area contributed by atoms with Crippen molar-refractivity contribution in [3.8, 4) is 0 Å². The number of allylic oxidation sites excluding steroid dienone is 1. The second-order valence-corrected chi connectivity index (χ2v) is 4.83. The van der Waals surface area contributed by atoms with E-state index in [9.17, 15) is 0 Å². The maximum absolute atomic E-state index is 5.86. The SMILES string of the molecule is CCC/C(=C1/OCCN1N)C(C)(C)C. The summed E-state index contributed by atoms with van der Waals surface area (Å²) in [6.07, 6.45) is 2.19. The number of hydrogen-bond acceptors (Lipinski definition) is 3. The summed E-state index contributed by atoms with van der Waals surface area (Å²) in [5, 5.41) is 1.73. The first-order valence-corrected chi connectivity index (χ1v) is 5.35. The van der Waals surface area contributed by atoms with Gasteiger partial charge in [0.15, 0.2) is 0 Å². The minimum atomic E-state index is 0.146. The van der Waals surface area contributed by atoms with Crippen LogP contribution in [0.5, 0.6) is 0 Å². The average Bonchev–Trinajstić information content (AvgIpc) is 2.45. The van der Waals surface area contributed by atoms with Gasteiger partial charge in [-0.3, -0.25) is 5.01 Å². The molecule has 1 saturated heterocycles. The first-order valence-electron chi connectivity index (χ1n) is 5.35. The van der Waals surface area contributed by atoms with E-state index in [4.69, 9.17) is 10.6 Å². The lowest BCUT2D eigenvalue weighted by molar-refractivity contribution is 0.216. The Hall–Kier alpha value is -0.700. The van der Waals surface area contributed by atoms with Gasteiger partial charge in [-0.25, -0.2) is 5.84 Å². The average molecular weight is 198 g/mol. The van der Waals surface area contributed by atoms with Crippen molar-refractivity contribution in [3.05, 3.63) is 11.5 Å². The molecule has 0 aromatic heterocycles. The van der Waals surface area contributed by atoms with Crippen molar-refractivity contribution in [2.24, 2.45) is 11.3 Å². The van der Waals surface area contributed by atoms with Crippen LogP contribution in [0.4, 0.5) is 0 Å². The minimum absolute atomic E-state index is 0.146. The maximum Gasteiger partial charge on any atom is 0.203 e. The Morgan fingerprint density at radius 3 is 2.50 bits per heavy atom. The molecule has 0 bridgehead atoms. The molecule has 0 spiro atoms. The smallest absolute Gasteiger partial charge is 0.203 e. The Balaban J connectivity index is 2.95. The van der Waals surface area contributed by atoms with E-state index in [-0.39, 0.29) is 5.41 Å². The van der Waals surface area contributed by atoms with Gasteiger partial charge in [0, 0.05) is 0 Å². The van der Waals surface area contributed by atoms with E-state index in [2.05, 4.69) is 27.7 Å². The van der Waals surface area contributed by atoms with Crippen molar-refractivity contribution in [2.45, 2.75) is 40.5 Å². The molecule has 2 N–H and O–H groups in total. The second-order valence-electron chi connectivity index (χ2n) is 4.83. The monoisotopic (exact) mass is 198 g/mol. The summed E-state index contributed by atoms with van der Waals surface area (Å²) >= 11 is 0. The van der Waals surface area contributed by atoms with Crippen molar-refractivity contribution in [1.29, 1.82) is 0 Å². The van der Waals surface area contributed by atoms with Crippen LogP contribution in [0.2, 0.25) is 0 Å². The molecule has 0 aromatic carbocycles. The first kappa shape index (κ1) is 11.4. The molecular weight excluding hydrogens is 176 g/mol. The van der Waals surface area contributed by atoms with E-state index in [1.807, 2.05) is 0 Å². The van der Waals surface area contributed by atoms with Gasteiger partial charge in [0.25, 0.3) is 0 Å². The van der Waals surface area contributed by atoms with Gasteiger partial charge in [0.05, 0.1) is 6.54 Å². The lowest BCUT2D eigenvalue weighted by atomic mass is 9.84. The van der Waals surface area contributed by atoms with E-state index < -0.39 is 0 Å². The van der Waals surface area contributed by atoms with Crippen LogP contribution in [-0.4, -0.2) is 18.2 Å². The zero-order chi connectivity index (χ0) is 10.8. The number of nitrogens with two attached hydrogens (primary N) is 1. The molecular formula is C11H22N2O. The van der Waals surface area contributed by atoms with E-state index in [0.29, 0.717) is 0 Å². The minimum Gasteiger partial charge on any atom is -0.476 e. The van der Waals surface area contributed by atoms with Crippen LogP contribution in [0.3, 0.4) is 0 Å². The fourth-order valence-electron chi connectivity index (χ4n) is 1.74. The molecule has 1 heterocycles. The van der Waals surface area contributed by atoms with Crippen LogP contribution in [0.1, 0.15) is 40.5 Å². The molecule has 0 radical (unpaired) electrons. The summed E-state index contributed by atoms with van der Waals surface area (Å²) in [5.41, 5.74) is 1.48. The zero-order valence-corrected chi connectivity index (χ0v) is 9.76. The van der Waals surface area contributed by atoms with E-state index in [1.54, 1.807) is 5.01 Å². The van der Waals surface area contributed by atoms with Gasteiger partial charge in [0.1, 0.15) is 6.61 Å². The molecule has 0 unspecified atom stereocenters. The van der Waals surface area contributed by atoms with Crippen molar-refractivity contribution in [3.63, 3.8) is 0 Å². The standard InChI is InChI=1S/C11H22N2O/c1-5-6-9(11(2,3)4)10-13(12)7-8-14-10/h5-8,12H2,1-4H3/b10-9-. The highest BCUT2D eigenvalue weighted by molar-refractivity contribution is 5.16. The molecule has 0 amide bonds. The Morgan fingerprint density at radius 2 is 2.14 bits per heavy atom. The number of ether oxygens (including phenoxy) is 1. The molecule has 0 aliphatic carbocycles. The van der Waals surface area contributed by atoms with E-state index >= 15 is 0 Å². The third-order valence-corrected chi connectivity index (χ3v) is 2.50. The van der Waals surface area contributed by atoms with Gasteiger partial charge in [-0.2, -0.15) is 0 Å². The Labute approximate surface area is 86.9 Å². The molecule has 3 nitrogen and oxygen atoms in total. The predicted molar refractivity (Wildman–Crippen MR) is 58.2 cm³/mol. The predicted octanol–water partition coefficient (Wildman–Crippen LogP) is 2.25. The fraction of sp³-hybridized carbons (Fsp3) is 0.818. The van der Waals surface area contributed by atoms with Gasteiger partial charge in [0.2, 0.25) is 5.88 Å². The molecule has 1 aliphatic heterocycles. The number of rotatable bonds is 2. The van der Waals surface area contributed by atoms with Crippen molar-refractivity contribution < 1.29 is 4.74 Å². The Bertz CT molecular complexity index is 228. The quantitative estimate of drug-likeness (QED) is 0.692. The van der Waals surface area contributed by atoms with Crippen LogP contribution >= 0.6 is 0 Å². The Kier molecular flexibility index (Phi) is 3.43. The summed E-state index contributed by atoms with van der Waals surface area (Å²) in [6.45, 7) is 10.3. The van der Waals surface area contributed by atoms with Crippen LogP contribution in [0.25, 0.3) is 0 Å². The molecule has 0 aromatic rings. The maximum atomic E-state index is 5.86. The molecule has 0 saturated carbocycles. The third-order valence-electron chi connectivity index (χ3n) is 2.50. The molecule has 82 valence electrons. The van der Waals surface area contributed by atoms with Crippen molar-refractivity contribution in [2.75, 3.05) is 13.2 Å². The van der Waals surface area contributed by atoms with Crippen LogP contribution in [0.15, 0.2) is 11.5 Å².